The quantitative estimate of drug-likeness (QED) is 0.360. The third-order valence-electron chi connectivity index (χ3n) is 5.56. The van der Waals surface area contributed by atoms with Gasteiger partial charge in [0.2, 0.25) is 5.78 Å². The minimum Gasteiger partial charge on any atom is -0.503 e. The second kappa shape index (κ2) is 8.71. The molecular formula is C26H17N3O3S2. The van der Waals surface area contributed by atoms with Crippen LogP contribution in [0, 0.1) is 18.3 Å². The maximum Gasteiger partial charge on any atom is 0.294 e. The third-order valence-corrected chi connectivity index (χ3v) is 7.69. The lowest BCUT2D eigenvalue weighted by atomic mass is 10.00. The van der Waals surface area contributed by atoms with Crippen LogP contribution in [0.4, 0.5) is 5.69 Å². The fourth-order valence-electron chi connectivity index (χ4n) is 3.95. The zero-order valence-corrected chi connectivity index (χ0v) is 19.6. The summed E-state index contributed by atoms with van der Waals surface area (Å²) >= 11 is 2.64. The highest BCUT2D eigenvalue weighted by atomic mass is 32.1. The van der Waals surface area contributed by atoms with E-state index in [4.69, 9.17) is 5.26 Å². The van der Waals surface area contributed by atoms with Crippen molar-refractivity contribution >= 4 is 40.1 Å². The zero-order chi connectivity index (χ0) is 23.8. The average Bonchev–Trinajstić information content (AvgIpc) is 3.59. The van der Waals surface area contributed by atoms with Crippen LogP contribution in [0.25, 0.3) is 10.6 Å². The number of benzene rings is 2. The van der Waals surface area contributed by atoms with Crippen LogP contribution in [0.15, 0.2) is 83.4 Å². The van der Waals surface area contributed by atoms with Gasteiger partial charge in [-0.1, -0.05) is 36.4 Å². The smallest absolute Gasteiger partial charge is 0.294 e. The van der Waals surface area contributed by atoms with Crippen molar-refractivity contribution < 1.29 is 14.7 Å². The van der Waals surface area contributed by atoms with Crippen LogP contribution in [0.5, 0.6) is 0 Å². The lowest BCUT2D eigenvalue weighted by molar-refractivity contribution is -0.117. The first-order chi connectivity index (χ1) is 16.5. The first-order valence-electron chi connectivity index (χ1n) is 10.4. The number of carbonyl (C=O) groups is 2. The molecule has 0 bridgehead atoms. The Kier molecular flexibility index (Phi) is 5.57. The first-order valence-corrected chi connectivity index (χ1v) is 12.1. The van der Waals surface area contributed by atoms with Crippen molar-refractivity contribution in [2.24, 2.45) is 0 Å². The van der Waals surface area contributed by atoms with Gasteiger partial charge in [0.1, 0.15) is 11.0 Å². The second-order valence-electron chi connectivity index (χ2n) is 7.64. The molecule has 4 aromatic rings. The molecule has 0 fully saturated rings. The number of ketones is 1. The number of hydrogen-bond donors (Lipinski definition) is 1. The van der Waals surface area contributed by atoms with Crippen LogP contribution in [-0.2, 0) is 4.79 Å². The number of anilines is 1. The highest BCUT2D eigenvalue weighted by Crippen LogP contribution is 2.44. The molecule has 1 N–H and O–H groups in total. The minimum atomic E-state index is -0.783. The van der Waals surface area contributed by atoms with Gasteiger partial charge in [-0.3, -0.25) is 14.5 Å². The number of aromatic nitrogens is 1. The van der Waals surface area contributed by atoms with Gasteiger partial charge in [-0.05, 0) is 42.6 Å². The van der Waals surface area contributed by atoms with Gasteiger partial charge in [-0.25, -0.2) is 4.98 Å². The lowest BCUT2D eigenvalue weighted by Gasteiger charge is -2.25. The summed E-state index contributed by atoms with van der Waals surface area (Å²) in [5.41, 5.74) is 2.41. The maximum absolute atomic E-state index is 13.8. The molecule has 6 nitrogen and oxygen atoms in total. The number of aliphatic hydroxyl groups excluding tert-OH is 1. The summed E-state index contributed by atoms with van der Waals surface area (Å²) in [6.07, 6.45) is 0. The zero-order valence-electron chi connectivity index (χ0n) is 17.9. The Labute approximate surface area is 203 Å². The highest BCUT2D eigenvalue weighted by molar-refractivity contribution is 7.17. The van der Waals surface area contributed by atoms with Gasteiger partial charge in [-0.2, -0.15) is 5.26 Å². The molecule has 2 aromatic heterocycles. The number of hydrogen-bond acceptors (Lipinski definition) is 7. The number of amides is 1. The molecule has 0 aliphatic carbocycles. The van der Waals surface area contributed by atoms with Crippen LogP contribution in [0.3, 0.4) is 0 Å². The van der Waals surface area contributed by atoms with Crippen molar-refractivity contribution in [3.05, 3.63) is 104 Å². The second-order valence-corrected chi connectivity index (χ2v) is 9.62. The minimum absolute atomic E-state index is 0.0307. The van der Waals surface area contributed by atoms with E-state index in [2.05, 4.69) is 11.1 Å². The topological polar surface area (TPSA) is 94.3 Å². The predicted molar refractivity (Wildman–Crippen MR) is 132 cm³/mol. The molecule has 1 atom stereocenters. The van der Waals surface area contributed by atoms with Crippen molar-refractivity contribution in [3.63, 3.8) is 0 Å². The number of thiophene rings is 1. The highest BCUT2D eigenvalue weighted by Gasteiger charge is 2.45. The van der Waals surface area contributed by atoms with Gasteiger partial charge in [-0.15, -0.1) is 22.7 Å². The fraction of sp³-hybridized carbons (Fsp3) is 0.0769. The summed E-state index contributed by atoms with van der Waals surface area (Å²) in [5, 5.41) is 22.6. The molecule has 166 valence electrons. The van der Waals surface area contributed by atoms with Gasteiger partial charge in [0.15, 0.2) is 5.76 Å². The molecule has 34 heavy (non-hydrogen) atoms. The molecule has 1 amide bonds. The Hall–Kier alpha value is -4.06. The summed E-state index contributed by atoms with van der Waals surface area (Å²) in [6.45, 7) is 1.75. The van der Waals surface area contributed by atoms with Crippen LogP contribution in [0.1, 0.15) is 31.8 Å². The fourth-order valence-corrected chi connectivity index (χ4v) is 5.80. The maximum atomic E-state index is 13.8. The Morgan fingerprint density at radius 3 is 2.47 bits per heavy atom. The van der Waals surface area contributed by atoms with E-state index in [-0.39, 0.29) is 5.57 Å². The van der Waals surface area contributed by atoms with Gasteiger partial charge in [0.25, 0.3) is 5.91 Å². The molecule has 0 radical (unpaired) electrons. The van der Waals surface area contributed by atoms with E-state index in [1.54, 1.807) is 31.2 Å². The Morgan fingerprint density at radius 1 is 1.09 bits per heavy atom. The van der Waals surface area contributed by atoms with Crippen LogP contribution < -0.4 is 4.90 Å². The number of aryl methyl sites for hydroxylation is 1. The molecule has 1 aliphatic heterocycles. The molecule has 0 saturated heterocycles. The Balaban J connectivity index is 1.60. The monoisotopic (exact) mass is 483 g/mol. The standard InChI is InChI=1S/C26H17N3O3S2/c1-15-24(34-25(28-15)17-6-3-2-4-7-17)22(30)20-21(19-8-5-13-33-19)29(26(32)23(20)31)18-11-9-16(14-27)10-12-18/h2-13,21,31H,1H3. The van der Waals surface area contributed by atoms with E-state index in [1.165, 1.54) is 27.6 Å². The summed E-state index contributed by atoms with van der Waals surface area (Å²) in [4.78, 5) is 34.1. The van der Waals surface area contributed by atoms with Crippen molar-refractivity contribution in [2.75, 3.05) is 4.90 Å². The predicted octanol–water partition coefficient (Wildman–Crippen LogP) is 5.83. The number of aliphatic hydroxyl groups is 1. The van der Waals surface area contributed by atoms with Crippen LogP contribution in [-0.4, -0.2) is 21.8 Å². The molecule has 8 heteroatoms. The SMILES string of the molecule is Cc1nc(-c2ccccc2)sc1C(=O)C1=C(O)C(=O)N(c2ccc(C#N)cc2)C1c1cccs1. The summed E-state index contributed by atoms with van der Waals surface area (Å²) in [7, 11) is 0. The molecule has 3 heterocycles. The van der Waals surface area contributed by atoms with E-state index in [0.717, 1.165) is 10.4 Å². The third kappa shape index (κ3) is 3.61. The van der Waals surface area contributed by atoms with E-state index in [0.29, 0.717) is 26.8 Å². The van der Waals surface area contributed by atoms with Gasteiger partial charge in [0.05, 0.1) is 27.8 Å². The summed E-state index contributed by atoms with van der Waals surface area (Å²) < 4.78 is 0. The molecule has 0 saturated carbocycles. The largest absolute Gasteiger partial charge is 0.503 e. The first kappa shape index (κ1) is 21.8. The van der Waals surface area contributed by atoms with Gasteiger partial charge in [0, 0.05) is 16.1 Å². The number of nitrogens with zero attached hydrogens (tertiary/aromatic N) is 3. The van der Waals surface area contributed by atoms with E-state index < -0.39 is 23.5 Å². The van der Waals surface area contributed by atoms with Crippen LogP contribution >= 0.6 is 22.7 Å². The van der Waals surface area contributed by atoms with E-state index in [9.17, 15) is 14.7 Å². The number of Topliss-reactive ketones (excluding diaryl/α,β-unsaturated/α-hetero) is 1. The van der Waals surface area contributed by atoms with Crippen molar-refractivity contribution in [3.8, 4) is 16.6 Å². The Bertz CT molecular complexity index is 1460. The number of carbonyl (C=O) groups excluding carboxylic acids is 2. The van der Waals surface area contributed by atoms with Crippen molar-refractivity contribution in [1.29, 1.82) is 5.26 Å². The van der Waals surface area contributed by atoms with E-state index in [1.807, 2.05) is 47.8 Å². The molecular weight excluding hydrogens is 466 g/mol. The normalized spacial score (nSPS) is 15.6. The van der Waals surface area contributed by atoms with Crippen LogP contribution in [0.2, 0.25) is 0 Å². The van der Waals surface area contributed by atoms with Crippen molar-refractivity contribution in [2.45, 2.75) is 13.0 Å². The molecule has 2 aromatic carbocycles. The molecule has 1 aliphatic rings. The lowest BCUT2D eigenvalue weighted by Crippen LogP contribution is -2.30. The van der Waals surface area contributed by atoms with E-state index >= 15 is 0 Å². The average molecular weight is 484 g/mol. The van der Waals surface area contributed by atoms with Crippen molar-refractivity contribution in [1.82, 2.24) is 4.98 Å². The molecule has 1 unspecified atom stereocenters. The summed E-state index contributed by atoms with van der Waals surface area (Å²) in [6, 6.07) is 21.0. The Morgan fingerprint density at radius 2 is 1.82 bits per heavy atom. The van der Waals surface area contributed by atoms with Gasteiger partial charge >= 0.3 is 0 Å². The molecule has 0 spiro atoms. The number of nitriles is 1. The van der Waals surface area contributed by atoms with Gasteiger partial charge < -0.3 is 5.11 Å². The number of thiazole rings is 1. The summed E-state index contributed by atoms with van der Waals surface area (Å²) in [5.74, 6) is -1.64. The number of rotatable bonds is 5. The molecule has 5 rings (SSSR count).